The number of carbonyl (C=O) groups excluding carboxylic acids is 3. The largest absolute Gasteiger partial charge is 0.480 e. The lowest BCUT2D eigenvalue weighted by atomic mass is 9.99. The van der Waals surface area contributed by atoms with Gasteiger partial charge in [-0.25, -0.2) is 4.79 Å². The Morgan fingerprint density at radius 3 is 2.07 bits per heavy atom. The molecule has 10 heteroatoms. The van der Waals surface area contributed by atoms with Crippen molar-refractivity contribution in [1.82, 2.24) is 10.6 Å². The van der Waals surface area contributed by atoms with Crippen LogP contribution in [0.2, 0.25) is 0 Å². The van der Waals surface area contributed by atoms with E-state index >= 15 is 0 Å². The van der Waals surface area contributed by atoms with Gasteiger partial charge in [0.15, 0.2) is 0 Å². The molecule has 0 aliphatic carbocycles. The summed E-state index contributed by atoms with van der Waals surface area (Å²) in [5.41, 5.74) is 11.8. The van der Waals surface area contributed by atoms with Gasteiger partial charge in [0.2, 0.25) is 11.8 Å². The van der Waals surface area contributed by atoms with Gasteiger partial charge in [0.25, 0.3) is 5.91 Å². The molecule has 0 saturated carbocycles. The number of carbonyl (C=O) groups is 4. The molecule has 0 aliphatic rings. The number of carboxylic acids is 1. The van der Waals surface area contributed by atoms with Crippen LogP contribution >= 0.6 is 0 Å². The van der Waals surface area contributed by atoms with Crippen LogP contribution in [0.15, 0.2) is 30.3 Å². The van der Waals surface area contributed by atoms with E-state index in [4.69, 9.17) is 16.6 Å². The first kappa shape index (κ1) is 25.1. The number of aliphatic hydroxyl groups excluding tert-OH is 1. The van der Waals surface area contributed by atoms with E-state index in [2.05, 4.69) is 10.6 Å². The summed E-state index contributed by atoms with van der Waals surface area (Å²) in [4.78, 5) is 47.3. The monoisotopic (exact) mass is 422 g/mol. The molecule has 1 aromatic rings. The van der Waals surface area contributed by atoms with Gasteiger partial charge in [-0.2, -0.15) is 0 Å². The van der Waals surface area contributed by atoms with Gasteiger partial charge < -0.3 is 32.3 Å². The SMILES string of the molecule is CC(C)C[C@H](NC(=O)C(O)C(N)Cc1ccccc1)C(=O)N[C@H](CC(N)=O)C(=O)O. The highest BCUT2D eigenvalue weighted by Crippen LogP contribution is 2.09. The van der Waals surface area contributed by atoms with Crippen molar-refractivity contribution in [1.29, 1.82) is 0 Å². The van der Waals surface area contributed by atoms with E-state index in [-0.39, 0.29) is 18.8 Å². The molecule has 0 spiro atoms. The number of amides is 3. The lowest BCUT2D eigenvalue weighted by Crippen LogP contribution is -2.56. The summed E-state index contributed by atoms with van der Waals surface area (Å²) in [6.45, 7) is 3.62. The van der Waals surface area contributed by atoms with Gasteiger partial charge in [0, 0.05) is 6.04 Å². The molecular weight excluding hydrogens is 392 g/mol. The molecule has 0 saturated heterocycles. The van der Waals surface area contributed by atoms with Crippen molar-refractivity contribution in [3.8, 4) is 0 Å². The minimum atomic E-state index is -1.58. The van der Waals surface area contributed by atoms with Crippen LogP contribution in [0.3, 0.4) is 0 Å². The van der Waals surface area contributed by atoms with Crippen molar-refractivity contribution in [2.24, 2.45) is 17.4 Å². The summed E-state index contributed by atoms with van der Waals surface area (Å²) in [5.74, 6) is -4.00. The van der Waals surface area contributed by atoms with Gasteiger partial charge in [-0.1, -0.05) is 44.2 Å². The zero-order valence-electron chi connectivity index (χ0n) is 17.1. The predicted molar refractivity (Wildman–Crippen MR) is 109 cm³/mol. The number of nitrogens with two attached hydrogens (primary N) is 2. The molecule has 10 nitrogen and oxygen atoms in total. The third kappa shape index (κ3) is 8.58. The summed E-state index contributed by atoms with van der Waals surface area (Å²) in [6, 6.07) is 5.52. The van der Waals surface area contributed by atoms with Gasteiger partial charge in [-0.05, 0) is 24.3 Å². The van der Waals surface area contributed by atoms with E-state index in [0.29, 0.717) is 0 Å². The van der Waals surface area contributed by atoms with Gasteiger partial charge in [-0.15, -0.1) is 0 Å². The Labute approximate surface area is 175 Å². The van der Waals surface area contributed by atoms with Gasteiger partial charge in [-0.3, -0.25) is 14.4 Å². The van der Waals surface area contributed by atoms with Crippen LogP contribution < -0.4 is 22.1 Å². The third-order valence-electron chi connectivity index (χ3n) is 4.35. The summed E-state index contributed by atoms with van der Waals surface area (Å²) < 4.78 is 0. The summed E-state index contributed by atoms with van der Waals surface area (Å²) in [5, 5.41) is 24.1. The molecule has 1 aromatic carbocycles. The van der Waals surface area contributed by atoms with E-state index in [9.17, 15) is 24.3 Å². The summed E-state index contributed by atoms with van der Waals surface area (Å²) >= 11 is 0. The fourth-order valence-corrected chi connectivity index (χ4v) is 2.83. The minimum absolute atomic E-state index is 0.0318. The standard InChI is InChI=1S/C20H30N4O6/c1-11(2)8-14(18(27)24-15(20(29)30)10-16(22)25)23-19(28)17(26)13(21)9-12-6-4-3-5-7-12/h3-7,11,13-15,17,26H,8-10,21H2,1-2H3,(H2,22,25)(H,23,28)(H,24,27)(H,29,30)/t13?,14-,15+,17?/m0/s1. The molecule has 1 rings (SSSR count). The number of rotatable bonds is 12. The van der Waals surface area contributed by atoms with Crippen LogP contribution in [0.25, 0.3) is 0 Å². The van der Waals surface area contributed by atoms with Crippen molar-refractivity contribution in [3.63, 3.8) is 0 Å². The van der Waals surface area contributed by atoms with Crippen LogP contribution in [0.4, 0.5) is 0 Å². The smallest absolute Gasteiger partial charge is 0.326 e. The van der Waals surface area contributed by atoms with Crippen LogP contribution in [0, 0.1) is 5.92 Å². The molecule has 3 amide bonds. The normalized spacial score (nSPS) is 15.0. The Hall–Kier alpha value is -2.98. The fourth-order valence-electron chi connectivity index (χ4n) is 2.83. The molecule has 0 fully saturated rings. The Bertz CT molecular complexity index is 740. The second-order valence-corrected chi connectivity index (χ2v) is 7.56. The number of hydrogen-bond acceptors (Lipinski definition) is 6. The quantitative estimate of drug-likeness (QED) is 0.246. The zero-order valence-corrected chi connectivity index (χ0v) is 17.1. The second kappa shape index (κ2) is 11.9. The first-order valence-corrected chi connectivity index (χ1v) is 9.60. The van der Waals surface area contributed by atoms with Gasteiger partial charge in [0.05, 0.1) is 6.42 Å². The molecule has 0 bridgehead atoms. The molecule has 30 heavy (non-hydrogen) atoms. The molecular formula is C20H30N4O6. The van der Waals surface area contributed by atoms with Crippen LogP contribution in [-0.2, 0) is 25.6 Å². The molecule has 0 aromatic heterocycles. The lowest BCUT2D eigenvalue weighted by Gasteiger charge is -2.25. The van der Waals surface area contributed by atoms with Crippen molar-refractivity contribution in [2.45, 2.75) is 57.3 Å². The number of nitrogens with one attached hydrogen (secondary N) is 2. The van der Waals surface area contributed by atoms with Crippen molar-refractivity contribution in [2.75, 3.05) is 0 Å². The highest BCUT2D eigenvalue weighted by Gasteiger charge is 2.31. The van der Waals surface area contributed by atoms with Gasteiger partial charge >= 0.3 is 5.97 Å². The first-order chi connectivity index (χ1) is 14.0. The number of carboxylic acid groups (broad SMARTS) is 1. The third-order valence-corrected chi connectivity index (χ3v) is 4.35. The van der Waals surface area contributed by atoms with E-state index < -0.39 is 54.3 Å². The molecule has 4 atom stereocenters. The predicted octanol–water partition coefficient (Wildman–Crippen LogP) is -1.11. The maximum Gasteiger partial charge on any atom is 0.326 e. The highest BCUT2D eigenvalue weighted by molar-refractivity contribution is 5.93. The van der Waals surface area contributed by atoms with Crippen LogP contribution in [0.1, 0.15) is 32.3 Å². The molecule has 0 heterocycles. The Morgan fingerprint density at radius 2 is 1.57 bits per heavy atom. The van der Waals surface area contributed by atoms with E-state index in [1.807, 2.05) is 44.2 Å². The maximum atomic E-state index is 12.5. The number of primary amides is 1. The highest BCUT2D eigenvalue weighted by atomic mass is 16.4. The van der Waals surface area contributed by atoms with Crippen molar-refractivity contribution in [3.05, 3.63) is 35.9 Å². The Morgan fingerprint density at radius 1 is 1.00 bits per heavy atom. The van der Waals surface area contributed by atoms with Gasteiger partial charge in [0.1, 0.15) is 18.2 Å². The summed E-state index contributed by atoms with van der Waals surface area (Å²) in [7, 11) is 0. The lowest BCUT2D eigenvalue weighted by molar-refractivity contribution is -0.144. The first-order valence-electron chi connectivity index (χ1n) is 9.60. The number of aliphatic carboxylic acids is 1. The number of benzene rings is 1. The summed E-state index contributed by atoms with van der Waals surface area (Å²) in [6.07, 6.45) is -1.74. The Balaban J connectivity index is 2.81. The fraction of sp³-hybridized carbons (Fsp3) is 0.500. The van der Waals surface area contributed by atoms with E-state index in [1.165, 1.54) is 0 Å². The van der Waals surface area contributed by atoms with Crippen LogP contribution in [0.5, 0.6) is 0 Å². The van der Waals surface area contributed by atoms with Crippen molar-refractivity contribution >= 4 is 23.7 Å². The van der Waals surface area contributed by atoms with Crippen molar-refractivity contribution < 1.29 is 29.4 Å². The van der Waals surface area contributed by atoms with Crippen LogP contribution in [-0.4, -0.2) is 58.1 Å². The molecule has 0 radical (unpaired) electrons. The minimum Gasteiger partial charge on any atom is -0.480 e. The molecule has 0 aliphatic heterocycles. The number of aliphatic hydroxyl groups is 1. The zero-order chi connectivity index (χ0) is 22.8. The number of hydrogen-bond donors (Lipinski definition) is 6. The topological polar surface area (TPSA) is 185 Å². The Kier molecular flexibility index (Phi) is 9.93. The molecule has 8 N–H and O–H groups in total. The average molecular weight is 422 g/mol. The molecule has 2 unspecified atom stereocenters. The van der Waals surface area contributed by atoms with E-state index in [1.54, 1.807) is 0 Å². The molecule has 166 valence electrons. The van der Waals surface area contributed by atoms with E-state index in [0.717, 1.165) is 5.56 Å². The maximum absolute atomic E-state index is 12.5. The second-order valence-electron chi connectivity index (χ2n) is 7.56. The average Bonchev–Trinajstić information content (AvgIpc) is 2.66.